The number of aromatic nitrogens is 1. The number of hydrogen-bond donors (Lipinski definition) is 4. The topological polar surface area (TPSA) is 103 Å². The van der Waals surface area contributed by atoms with E-state index in [0.29, 0.717) is 5.03 Å². The van der Waals surface area contributed by atoms with E-state index in [0.717, 1.165) is 11.8 Å². The molecule has 0 amide bonds. The number of rotatable bonds is 3. The summed E-state index contributed by atoms with van der Waals surface area (Å²) in [4.78, 5) is 4.07. The Morgan fingerprint density at radius 1 is 1.17 bits per heavy atom. The van der Waals surface area contributed by atoms with E-state index in [1.165, 1.54) is 0 Å². The molecule has 1 fully saturated rings. The maximum absolute atomic E-state index is 9.82. The number of aliphatic hydroxyl groups is 4. The lowest BCUT2D eigenvalue weighted by atomic mass is 10.0. The summed E-state index contributed by atoms with van der Waals surface area (Å²) in [5.41, 5.74) is -0.782. The lowest BCUT2D eigenvalue weighted by molar-refractivity contribution is -0.205. The molecule has 1 aromatic rings. The van der Waals surface area contributed by atoms with E-state index >= 15 is 0 Å². The maximum atomic E-state index is 9.82. The zero-order chi connectivity index (χ0) is 13.1. The van der Waals surface area contributed by atoms with Gasteiger partial charge in [0.25, 0.3) is 0 Å². The fourth-order valence-corrected chi connectivity index (χ4v) is 2.72. The summed E-state index contributed by atoms with van der Waals surface area (Å²) in [7, 11) is 0. The fraction of sp³-hybridized carbons (Fsp3) is 0.545. The van der Waals surface area contributed by atoms with Gasteiger partial charge in [0.15, 0.2) is 0 Å². The van der Waals surface area contributed by atoms with Crippen LogP contribution < -0.4 is 0 Å². The van der Waals surface area contributed by atoms with Gasteiger partial charge in [-0.15, -0.1) is 0 Å². The largest absolute Gasteiger partial charge is 0.394 e. The molecule has 5 atom stereocenters. The second-order valence-electron chi connectivity index (χ2n) is 3.98. The van der Waals surface area contributed by atoms with Crippen molar-refractivity contribution in [1.82, 2.24) is 4.98 Å². The van der Waals surface area contributed by atoms with E-state index in [4.69, 9.17) is 9.84 Å². The van der Waals surface area contributed by atoms with Gasteiger partial charge in [0, 0.05) is 6.20 Å². The Balaban J connectivity index is 2.08. The Bertz CT molecular complexity index is 377. The van der Waals surface area contributed by atoms with Crippen molar-refractivity contribution < 1.29 is 25.2 Å². The van der Waals surface area contributed by atoms with E-state index in [2.05, 4.69) is 4.98 Å². The van der Waals surface area contributed by atoms with E-state index in [9.17, 15) is 15.3 Å². The van der Waals surface area contributed by atoms with E-state index in [1.807, 2.05) is 0 Å². The molecule has 1 aromatic heterocycles. The van der Waals surface area contributed by atoms with Crippen molar-refractivity contribution in [3.63, 3.8) is 0 Å². The van der Waals surface area contributed by atoms with Crippen molar-refractivity contribution in [3.8, 4) is 0 Å². The van der Waals surface area contributed by atoms with Crippen LogP contribution in [0.1, 0.15) is 0 Å². The van der Waals surface area contributed by atoms with Gasteiger partial charge in [-0.25, -0.2) is 4.98 Å². The highest BCUT2D eigenvalue weighted by Crippen LogP contribution is 2.32. The Labute approximate surface area is 108 Å². The van der Waals surface area contributed by atoms with Crippen LogP contribution in [0.15, 0.2) is 29.4 Å². The van der Waals surface area contributed by atoms with Crippen LogP contribution in [-0.2, 0) is 4.74 Å². The third-order valence-electron chi connectivity index (χ3n) is 2.72. The normalized spacial score (nSPS) is 36.6. The minimum Gasteiger partial charge on any atom is -0.394 e. The summed E-state index contributed by atoms with van der Waals surface area (Å²) in [6.07, 6.45) is -3.20. The van der Waals surface area contributed by atoms with Crippen molar-refractivity contribution in [2.24, 2.45) is 0 Å². The number of nitrogens with zero attached hydrogens (tertiary/aromatic N) is 1. The molecular weight excluding hydrogens is 258 g/mol. The van der Waals surface area contributed by atoms with Crippen molar-refractivity contribution in [3.05, 3.63) is 24.4 Å². The minimum absolute atomic E-state index is 0.426. The molecule has 0 aromatic carbocycles. The van der Waals surface area contributed by atoms with Crippen molar-refractivity contribution in [1.29, 1.82) is 0 Å². The first-order valence-electron chi connectivity index (χ1n) is 5.51. The van der Waals surface area contributed by atoms with Gasteiger partial charge < -0.3 is 25.2 Å². The zero-order valence-corrected chi connectivity index (χ0v) is 10.3. The lowest BCUT2D eigenvalue weighted by Gasteiger charge is -2.39. The van der Waals surface area contributed by atoms with Gasteiger partial charge in [-0.05, 0) is 12.1 Å². The molecule has 1 saturated heterocycles. The quantitative estimate of drug-likeness (QED) is 0.558. The van der Waals surface area contributed by atoms with Crippen LogP contribution >= 0.6 is 11.8 Å². The first-order chi connectivity index (χ1) is 8.63. The lowest BCUT2D eigenvalue weighted by Crippen LogP contribution is -2.57. The molecule has 18 heavy (non-hydrogen) atoms. The van der Waals surface area contributed by atoms with Crippen LogP contribution in [0.5, 0.6) is 0 Å². The number of ether oxygens (including phenoxy) is 1. The second-order valence-corrected chi connectivity index (χ2v) is 5.10. The average molecular weight is 273 g/mol. The standard InChI is InChI=1S/C11H15NO5S/c13-5-6-8(14)9(15)10(16)11(17-6)18-7-3-1-2-4-12-7/h1-4,6,8-11,13-16H,5H2/t6-,8-,9+,10-,11+/m1/s1. The van der Waals surface area contributed by atoms with Crippen LogP contribution in [0.4, 0.5) is 0 Å². The van der Waals surface area contributed by atoms with Crippen LogP contribution in [0.25, 0.3) is 0 Å². The van der Waals surface area contributed by atoms with E-state index in [1.54, 1.807) is 24.4 Å². The molecule has 0 saturated carbocycles. The van der Waals surface area contributed by atoms with Crippen LogP contribution in [0.2, 0.25) is 0 Å². The van der Waals surface area contributed by atoms with Gasteiger partial charge in [-0.3, -0.25) is 0 Å². The summed E-state index contributed by atoms with van der Waals surface area (Å²) >= 11 is 1.13. The average Bonchev–Trinajstić information content (AvgIpc) is 2.40. The molecule has 100 valence electrons. The highest BCUT2D eigenvalue weighted by molar-refractivity contribution is 7.99. The second kappa shape index (κ2) is 5.96. The molecule has 2 rings (SSSR count). The fourth-order valence-electron chi connectivity index (χ4n) is 1.70. The summed E-state index contributed by atoms with van der Waals surface area (Å²) in [6, 6.07) is 5.29. The Kier molecular flexibility index (Phi) is 4.55. The predicted octanol–water partition coefficient (Wildman–Crippen LogP) is -1.03. The first kappa shape index (κ1) is 13.7. The number of pyridine rings is 1. The zero-order valence-electron chi connectivity index (χ0n) is 9.46. The molecule has 0 unspecified atom stereocenters. The van der Waals surface area contributed by atoms with Crippen LogP contribution in [0.3, 0.4) is 0 Å². The summed E-state index contributed by atoms with van der Waals surface area (Å²) in [5, 5.41) is 38.7. The molecule has 2 heterocycles. The van der Waals surface area contributed by atoms with Gasteiger partial charge in [0.1, 0.15) is 29.9 Å². The first-order valence-corrected chi connectivity index (χ1v) is 6.39. The van der Waals surface area contributed by atoms with Gasteiger partial charge in [-0.2, -0.15) is 0 Å². The maximum Gasteiger partial charge on any atom is 0.138 e. The van der Waals surface area contributed by atoms with Gasteiger partial charge in [0.05, 0.1) is 11.6 Å². The minimum atomic E-state index is -1.35. The molecule has 0 bridgehead atoms. The number of aliphatic hydroxyl groups excluding tert-OH is 4. The number of thioether (sulfide) groups is 1. The van der Waals surface area contributed by atoms with Gasteiger partial charge in [-0.1, -0.05) is 17.8 Å². The van der Waals surface area contributed by atoms with Crippen molar-refractivity contribution in [2.75, 3.05) is 6.61 Å². The smallest absolute Gasteiger partial charge is 0.138 e. The predicted molar refractivity (Wildman–Crippen MR) is 63.9 cm³/mol. The van der Waals surface area contributed by atoms with Crippen molar-refractivity contribution >= 4 is 11.8 Å². The van der Waals surface area contributed by atoms with Crippen LogP contribution in [0, 0.1) is 0 Å². The Morgan fingerprint density at radius 2 is 1.94 bits per heavy atom. The molecular formula is C11H15NO5S. The summed E-state index contributed by atoms with van der Waals surface area (Å²) < 4.78 is 5.35. The Hall–Kier alpha value is -0.700. The molecule has 6 nitrogen and oxygen atoms in total. The summed E-state index contributed by atoms with van der Waals surface area (Å²) in [5.74, 6) is 0. The molecule has 1 aliphatic rings. The molecule has 0 aliphatic carbocycles. The monoisotopic (exact) mass is 273 g/mol. The van der Waals surface area contributed by atoms with Gasteiger partial charge in [0.2, 0.25) is 0 Å². The molecule has 0 spiro atoms. The Morgan fingerprint density at radius 3 is 2.56 bits per heavy atom. The van der Waals surface area contributed by atoms with Gasteiger partial charge >= 0.3 is 0 Å². The highest BCUT2D eigenvalue weighted by atomic mass is 32.2. The molecule has 7 heteroatoms. The SMILES string of the molecule is OC[C@H]1O[C@@H](Sc2ccccn2)[C@H](O)[C@@H](O)[C@@H]1O. The van der Waals surface area contributed by atoms with Crippen molar-refractivity contribution in [2.45, 2.75) is 34.9 Å². The third kappa shape index (κ3) is 2.82. The number of hydrogen-bond acceptors (Lipinski definition) is 7. The molecule has 4 N–H and O–H groups in total. The highest BCUT2D eigenvalue weighted by Gasteiger charge is 2.43. The van der Waals surface area contributed by atoms with E-state index in [-0.39, 0.29) is 0 Å². The third-order valence-corrected chi connectivity index (χ3v) is 3.83. The molecule has 1 aliphatic heterocycles. The van der Waals surface area contributed by atoms with E-state index < -0.39 is 36.5 Å². The molecule has 0 radical (unpaired) electrons. The summed E-state index contributed by atoms with van der Waals surface area (Å²) in [6.45, 7) is -0.426. The van der Waals surface area contributed by atoms with Crippen LogP contribution in [-0.4, -0.2) is 61.9 Å².